The summed E-state index contributed by atoms with van der Waals surface area (Å²) >= 11 is 0. The molecular formula is C21H24Cl2SiZr. The number of hydrogen-bond acceptors (Lipinski definition) is 0. The van der Waals surface area contributed by atoms with Crippen molar-refractivity contribution in [2.24, 2.45) is 0 Å². The molecule has 4 rings (SSSR count). The maximum atomic E-state index is 2.12. The van der Waals surface area contributed by atoms with E-state index in [4.69, 9.17) is 0 Å². The molecule has 2 radical (unpaired) electrons. The molecule has 0 atom stereocenters. The third-order valence-electron chi connectivity index (χ3n) is 2.95. The zero-order valence-corrected chi connectivity index (χ0v) is 19.8. The number of hydrogen-bond donors (Lipinski definition) is 0. The Hall–Kier alpha value is -0.920. The minimum absolute atomic E-state index is 0. The Morgan fingerprint density at radius 1 is 0.640 bits per heavy atom. The Labute approximate surface area is 186 Å². The van der Waals surface area contributed by atoms with Crippen LogP contribution in [0, 0.1) is 7.43 Å². The van der Waals surface area contributed by atoms with Crippen LogP contribution in [0.15, 0.2) is 103 Å². The minimum Gasteiger partial charge on any atom is -0.358 e. The van der Waals surface area contributed by atoms with Crippen LogP contribution in [0.3, 0.4) is 0 Å². The average molecular weight is 467 g/mol. The molecule has 0 spiro atoms. The zero-order chi connectivity index (χ0) is 14.8. The van der Waals surface area contributed by atoms with Crippen LogP contribution >= 0.6 is 24.8 Å². The normalized spacial score (nSPS) is 7.72. The summed E-state index contributed by atoms with van der Waals surface area (Å²) in [4.78, 5) is 0. The predicted octanol–water partition coefficient (Wildman–Crippen LogP) is 5.20. The molecule has 0 unspecified atom stereocenters. The molecule has 4 heteroatoms. The second-order valence-corrected chi connectivity index (χ2v) is 5.42. The van der Waals surface area contributed by atoms with E-state index >= 15 is 0 Å². The summed E-state index contributed by atoms with van der Waals surface area (Å²) in [5.41, 5.74) is 0. The van der Waals surface area contributed by atoms with Crippen LogP contribution in [0.5, 0.6) is 0 Å². The second kappa shape index (κ2) is 17.9. The van der Waals surface area contributed by atoms with E-state index in [2.05, 4.69) is 54.6 Å². The van der Waals surface area contributed by atoms with Crippen LogP contribution in [0.4, 0.5) is 0 Å². The Morgan fingerprint density at radius 2 is 1.20 bits per heavy atom. The quantitative estimate of drug-likeness (QED) is 0.247. The summed E-state index contributed by atoms with van der Waals surface area (Å²) in [5, 5.41) is 4.01. The molecule has 0 heterocycles. The van der Waals surface area contributed by atoms with E-state index in [-0.39, 0.29) is 58.4 Å². The number of halogens is 2. The van der Waals surface area contributed by atoms with Gasteiger partial charge in [0.05, 0.1) is 0 Å². The van der Waals surface area contributed by atoms with Gasteiger partial charge in [0.15, 0.2) is 0 Å². The standard InChI is InChI=1S/C9H7.C6H7Si.C5H5.CH3.2ClH.Zr/c1-2-5-9-7-3-6-8(9)4-1;7-6-4-2-1-3-5-6;1-2-4-5-3-1;;;;/h1-7H;1-5H,7H2;1-5H;1H3;2*1H;/q-1;;2*-1;;;+3. The maximum Gasteiger partial charge on any atom is 3.00 e. The van der Waals surface area contributed by atoms with E-state index in [9.17, 15) is 0 Å². The maximum absolute atomic E-state index is 2.12. The molecule has 0 saturated carbocycles. The van der Waals surface area contributed by atoms with Crippen molar-refractivity contribution >= 4 is 51.0 Å². The molecule has 0 saturated heterocycles. The summed E-state index contributed by atoms with van der Waals surface area (Å²) in [6.07, 6.45) is 0. The van der Waals surface area contributed by atoms with E-state index < -0.39 is 0 Å². The van der Waals surface area contributed by atoms with Gasteiger partial charge in [-0.25, -0.2) is 12.1 Å². The van der Waals surface area contributed by atoms with E-state index in [1.54, 1.807) is 0 Å². The van der Waals surface area contributed by atoms with Crippen LogP contribution in [-0.2, 0) is 26.2 Å². The van der Waals surface area contributed by atoms with Gasteiger partial charge in [0.25, 0.3) is 0 Å². The Bertz CT molecular complexity index is 674. The molecule has 0 amide bonds. The van der Waals surface area contributed by atoms with E-state index in [0.29, 0.717) is 0 Å². The number of rotatable bonds is 0. The Balaban J connectivity index is -0.000000278. The summed E-state index contributed by atoms with van der Waals surface area (Å²) < 4.78 is 0. The third-order valence-corrected chi connectivity index (χ3v) is 3.42. The zero-order valence-electron chi connectivity index (χ0n) is 14.3. The first kappa shape index (κ1) is 28.9. The van der Waals surface area contributed by atoms with Gasteiger partial charge < -0.3 is 7.43 Å². The largest absolute Gasteiger partial charge is 3.00 e. The van der Waals surface area contributed by atoms with Gasteiger partial charge in [-0.1, -0.05) is 41.6 Å². The van der Waals surface area contributed by atoms with Crippen molar-refractivity contribution in [2.45, 2.75) is 0 Å². The third kappa shape index (κ3) is 12.1. The summed E-state index contributed by atoms with van der Waals surface area (Å²) in [6, 6.07) is 35.0. The molecule has 0 aliphatic rings. The van der Waals surface area contributed by atoms with Crippen LogP contribution in [0.2, 0.25) is 0 Å². The molecule has 0 fully saturated rings. The van der Waals surface area contributed by atoms with Gasteiger partial charge in [0, 0.05) is 10.2 Å². The van der Waals surface area contributed by atoms with Crippen LogP contribution < -0.4 is 5.19 Å². The fraction of sp³-hybridized carbons (Fsp3) is 0. The first-order valence-electron chi connectivity index (χ1n) is 7.00. The van der Waals surface area contributed by atoms with E-state index in [0.717, 1.165) is 0 Å². The van der Waals surface area contributed by atoms with Gasteiger partial charge in [0.1, 0.15) is 0 Å². The van der Waals surface area contributed by atoms with Gasteiger partial charge in [-0.05, 0) is 0 Å². The van der Waals surface area contributed by atoms with Gasteiger partial charge in [-0.15, -0.1) is 54.5 Å². The van der Waals surface area contributed by atoms with Gasteiger partial charge in [0.2, 0.25) is 0 Å². The molecule has 4 aromatic carbocycles. The van der Waals surface area contributed by atoms with Crippen LogP contribution in [0.25, 0.3) is 10.8 Å². The van der Waals surface area contributed by atoms with Gasteiger partial charge in [-0.2, -0.15) is 35.7 Å². The summed E-state index contributed by atoms with van der Waals surface area (Å²) in [5.74, 6) is 0. The SMILES string of the molecule is Cl.Cl.[CH3-].[SiH2]c1ccccc1.[Zr+3].c1cc[cH-]c1.c1ccc2[cH-]ccc2c1. The van der Waals surface area contributed by atoms with Crippen molar-refractivity contribution in [3.05, 3.63) is 111 Å². The van der Waals surface area contributed by atoms with E-state index in [1.807, 2.05) is 58.8 Å². The molecule has 0 aliphatic heterocycles. The molecule has 0 N–H and O–H groups in total. The summed E-state index contributed by atoms with van der Waals surface area (Å²) in [7, 11) is 1.90. The van der Waals surface area contributed by atoms with Crippen molar-refractivity contribution in [3.63, 3.8) is 0 Å². The Morgan fingerprint density at radius 3 is 1.64 bits per heavy atom. The van der Waals surface area contributed by atoms with Crippen molar-refractivity contribution in [1.29, 1.82) is 0 Å². The molecule has 0 aliphatic carbocycles. The number of fused-ring (bicyclic) bond motifs is 1. The van der Waals surface area contributed by atoms with Crippen molar-refractivity contribution in [2.75, 3.05) is 0 Å². The molecule has 0 bridgehead atoms. The van der Waals surface area contributed by atoms with Crippen LogP contribution in [0.1, 0.15) is 0 Å². The van der Waals surface area contributed by atoms with Crippen molar-refractivity contribution < 1.29 is 26.2 Å². The monoisotopic (exact) mass is 464 g/mol. The molecule has 0 nitrogen and oxygen atoms in total. The van der Waals surface area contributed by atoms with Crippen LogP contribution in [-0.4, -0.2) is 10.2 Å². The van der Waals surface area contributed by atoms with Crippen molar-refractivity contribution in [3.8, 4) is 0 Å². The fourth-order valence-electron chi connectivity index (χ4n) is 1.87. The van der Waals surface area contributed by atoms with Crippen molar-refractivity contribution in [1.82, 2.24) is 0 Å². The summed E-state index contributed by atoms with van der Waals surface area (Å²) in [6.45, 7) is 0. The molecular weight excluding hydrogens is 442 g/mol. The van der Waals surface area contributed by atoms with Gasteiger partial charge >= 0.3 is 26.2 Å². The predicted molar refractivity (Wildman–Crippen MR) is 117 cm³/mol. The Kier molecular flexibility index (Phi) is 20.7. The molecule has 0 aromatic heterocycles. The van der Waals surface area contributed by atoms with E-state index in [1.165, 1.54) is 16.0 Å². The average Bonchev–Trinajstić information content (AvgIpc) is 3.23. The molecule has 25 heavy (non-hydrogen) atoms. The smallest absolute Gasteiger partial charge is 0.358 e. The second-order valence-electron chi connectivity index (χ2n) is 4.60. The first-order chi connectivity index (χ1) is 10.4. The minimum atomic E-state index is 0. The first-order valence-corrected chi connectivity index (χ1v) is 7.71. The molecule has 4 aromatic rings. The topological polar surface area (TPSA) is 0 Å². The number of benzene rings is 2. The van der Waals surface area contributed by atoms with Gasteiger partial charge in [-0.3, -0.25) is 0 Å². The fourth-order valence-corrected chi connectivity index (χ4v) is 2.14. The molecule has 130 valence electrons.